The summed E-state index contributed by atoms with van der Waals surface area (Å²) in [4.78, 5) is 4.54. The number of hydrogen-bond donors (Lipinski definition) is 3. The molecule has 0 bridgehead atoms. The van der Waals surface area contributed by atoms with E-state index in [2.05, 4.69) is 60.7 Å². The average Bonchev–Trinajstić information content (AvgIpc) is 2.51. The molecular formula is C18H31N3O2. The summed E-state index contributed by atoms with van der Waals surface area (Å²) in [6, 6.07) is 8.33. The number of aliphatic hydroxyl groups excluding tert-OH is 1. The van der Waals surface area contributed by atoms with Gasteiger partial charge in [0.25, 0.3) is 0 Å². The number of guanidine groups is 1. The van der Waals surface area contributed by atoms with Gasteiger partial charge in [-0.1, -0.05) is 43.7 Å². The van der Waals surface area contributed by atoms with E-state index in [-0.39, 0.29) is 0 Å². The minimum absolute atomic E-state index is 0.336. The molecule has 1 unspecified atom stereocenters. The van der Waals surface area contributed by atoms with E-state index in [4.69, 9.17) is 4.74 Å². The highest BCUT2D eigenvalue weighted by Crippen LogP contribution is 2.04. The van der Waals surface area contributed by atoms with E-state index in [0.29, 0.717) is 38.2 Å². The van der Waals surface area contributed by atoms with Gasteiger partial charge in [0.05, 0.1) is 19.3 Å². The number of aliphatic imine (C=N–C) groups is 1. The lowest BCUT2D eigenvalue weighted by atomic mass is 10.1. The molecule has 0 radical (unpaired) electrons. The van der Waals surface area contributed by atoms with Crippen LogP contribution in [0.25, 0.3) is 0 Å². The van der Waals surface area contributed by atoms with Crippen molar-refractivity contribution in [2.75, 3.05) is 26.3 Å². The van der Waals surface area contributed by atoms with Gasteiger partial charge < -0.3 is 20.5 Å². The third kappa shape index (κ3) is 9.21. The molecule has 1 aromatic carbocycles. The topological polar surface area (TPSA) is 65.9 Å². The zero-order valence-electron chi connectivity index (χ0n) is 14.8. The predicted molar refractivity (Wildman–Crippen MR) is 95.7 cm³/mol. The summed E-state index contributed by atoms with van der Waals surface area (Å²) >= 11 is 0. The van der Waals surface area contributed by atoms with Crippen molar-refractivity contribution in [3.8, 4) is 0 Å². The minimum atomic E-state index is -0.544. The molecule has 23 heavy (non-hydrogen) atoms. The summed E-state index contributed by atoms with van der Waals surface area (Å²) in [7, 11) is 0. The van der Waals surface area contributed by atoms with Crippen LogP contribution in [0.1, 0.15) is 31.9 Å². The molecule has 0 amide bonds. The van der Waals surface area contributed by atoms with Crippen molar-refractivity contribution in [3.05, 3.63) is 35.4 Å². The van der Waals surface area contributed by atoms with Crippen molar-refractivity contribution in [1.82, 2.24) is 10.6 Å². The molecule has 0 saturated heterocycles. The van der Waals surface area contributed by atoms with Gasteiger partial charge in [-0.2, -0.15) is 0 Å². The molecule has 3 N–H and O–H groups in total. The van der Waals surface area contributed by atoms with Crippen LogP contribution in [0, 0.1) is 12.8 Å². The molecule has 5 nitrogen and oxygen atoms in total. The van der Waals surface area contributed by atoms with Crippen molar-refractivity contribution in [1.29, 1.82) is 0 Å². The van der Waals surface area contributed by atoms with Crippen LogP contribution in [-0.2, 0) is 11.3 Å². The lowest BCUT2D eigenvalue weighted by Gasteiger charge is -2.16. The van der Waals surface area contributed by atoms with E-state index in [9.17, 15) is 5.11 Å². The monoisotopic (exact) mass is 321 g/mol. The highest BCUT2D eigenvalue weighted by molar-refractivity contribution is 5.79. The molecule has 1 aromatic rings. The van der Waals surface area contributed by atoms with Crippen LogP contribution < -0.4 is 10.6 Å². The first-order chi connectivity index (χ1) is 11.0. The van der Waals surface area contributed by atoms with E-state index >= 15 is 0 Å². The second-order valence-electron chi connectivity index (χ2n) is 6.15. The second kappa shape index (κ2) is 11.0. The summed E-state index contributed by atoms with van der Waals surface area (Å²) in [5.74, 6) is 1.18. The number of ether oxygens (including phenoxy) is 1. The molecule has 1 atom stereocenters. The largest absolute Gasteiger partial charge is 0.389 e. The molecule has 0 heterocycles. The highest BCUT2D eigenvalue weighted by atomic mass is 16.5. The van der Waals surface area contributed by atoms with E-state index in [1.165, 1.54) is 5.56 Å². The summed E-state index contributed by atoms with van der Waals surface area (Å²) in [5, 5.41) is 16.3. The first-order valence-corrected chi connectivity index (χ1v) is 8.34. The Morgan fingerprint density at radius 2 is 1.87 bits per heavy atom. The molecule has 0 saturated carbocycles. The highest BCUT2D eigenvalue weighted by Gasteiger charge is 2.06. The van der Waals surface area contributed by atoms with Crippen LogP contribution in [-0.4, -0.2) is 43.5 Å². The van der Waals surface area contributed by atoms with Crippen LogP contribution in [0.15, 0.2) is 29.3 Å². The van der Waals surface area contributed by atoms with Crippen LogP contribution in [0.3, 0.4) is 0 Å². The standard InChI is InChI=1S/C18H31N3O2/c1-5-19-18(20-10-16-8-6-15(4)7-9-16)21-11-17(22)13-23-12-14(2)3/h6-9,14,17,22H,5,10-13H2,1-4H3,(H2,19,20,21). The van der Waals surface area contributed by atoms with E-state index in [1.807, 2.05) is 6.92 Å². The number of hydrogen-bond acceptors (Lipinski definition) is 3. The van der Waals surface area contributed by atoms with Gasteiger partial charge in [-0.15, -0.1) is 0 Å². The number of nitrogens with one attached hydrogen (secondary N) is 2. The van der Waals surface area contributed by atoms with Gasteiger partial charge in [0, 0.05) is 19.7 Å². The Balaban J connectivity index is 2.41. The third-order valence-corrected chi connectivity index (χ3v) is 3.15. The Hall–Kier alpha value is -1.59. The van der Waals surface area contributed by atoms with Crippen molar-refractivity contribution < 1.29 is 9.84 Å². The summed E-state index contributed by atoms with van der Waals surface area (Å²) < 4.78 is 5.44. The van der Waals surface area contributed by atoms with Gasteiger partial charge in [-0.3, -0.25) is 0 Å². The Morgan fingerprint density at radius 3 is 2.48 bits per heavy atom. The summed E-state index contributed by atoms with van der Waals surface area (Å²) in [5.41, 5.74) is 2.40. The van der Waals surface area contributed by atoms with E-state index < -0.39 is 6.10 Å². The van der Waals surface area contributed by atoms with Crippen LogP contribution in [0.4, 0.5) is 0 Å². The van der Waals surface area contributed by atoms with Crippen LogP contribution >= 0.6 is 0 Å². The normalized spacial score (nSPS) is 13.2. The predicted octanol–water partition coefficient (Wildman–Crippen LogP) is 2.08. The summed E-state index contributed by atoms with van der Waals surface area (Å²) in [6.07, 6.45) is -0.544. The van der Waals surface area contributed by atoms with Crippen molar-refractivity contribution in [2.24, 2.45) is 10.9 Å². The second-order valence-corrected chi connectivity index (χ2v) is 6.15. The molecular weight excluding hydrogens is 290 g/mol. The lowest BCUT2D eigenvalue weighted by molar-refractivity contribution is 0.0280. The minimum Gasteiger partial charge on any atom is -0.389 e. The van der Waals surface area contributed by atoms with Gasteiger partial charge in [0.15, 0.2) is 5.96 Å². The number of aliphatic hydroxyl groups is 1. The Labute approximate surface area is 140 Å². The Morgan fingerprint density at radius 1 is 1.17 bits per heavy atom. The first kappa shape index (κ1) is 19.5. The third-order valence-electron chi connectivity index (χ3n) is 3.15. The fraction of sp³-hybridized carbons (Fsp3) is 0.611. The molecule has 5 heteroatoms. The van der Waals surface area contributed by atoms with Gasteiger partial charge in [0.1, 0.15) is 0 Å². The van der Waals surface area contributed by atoms with Crippen LogP contribution in [0.2, 0.25) is 0 Å². The van der Waals surface area contributed by atoms with E-state index in [0.717, 1.165) is 12.1 Å². The number of aryl methyl sites for hydroxylation is 1. The molecule has 0 aliphatic rings. The molecule has 0 aromatic heterocycles. The van der Waals surface area contributed by atoms with Crippen molar-refractivity contribution >= 4 is 5.96 Å². The molecule has 130 valence electrons. The fourth-order valence-corrected chi connectivity index (χ4v) is 1.92. The molecule has 0 spiro atoms. The van der Waals surface area contributed by atoms with Gasteiger partial charge >= 0.3 is 0 Å². The maximum Gasteiger partial charge on any atom is 0.191 e. The van der Waals surface area contributed by atoms with Gasteiger partial charge in [0.2, 0.25) is 0 Å². The number of benzene rings is 1. The zero-order valence-corrected chi connectivity index (χ0v) is 14.8. The quantitative estimate of drug-likeness (QED) is 0.481. The SMILES string of the molecule is CCNC(=NCc1ccc(C)cc1)NCC(O)COCC(C)C. The maximum absolute atomic E-state index is 9.92. The van der Waals surface area contributed by atoms with Crippen molar-refractivity contribution in [3.63, 3.8) is 0 Å². The zero-order chi connectivity index (χ0) is 17.1. The number of rotatable bonds is 9. The lowest BCUT2D eigenvalue weighted by Crippen LogP contribution is -2.42. The molecule has 0 aliphatic carbocycles. The maximum atomic E-state index is 9.92. The smallest absolute Gasteiger partial charge is 0.191 e. The molecule has 1 rings (SSSR count). The van der Waals surface area contributed by atoms with Gasteiger partial charge in [-0.05, 0) is 25.3 Å². The molecule has 0 aliphatic heterocycles. The van der Waals surface area contributed by atoms with Crippen molar-refractivity contribution in [2.45, 2.75) is 40.3 Å². The summed E-state index contributed by atoms with van der Waals surface area (Å²) in [6.45, 7) is 11.1. The molecule has 0 fully saturated rings. The van der Waals surface area contributed by atoms with Crippen LogP contribution in [0.5, 0.6) is 0 Å². The number of nitrogens with zero attached hydrogens (tertiary/aromatic N) is 1. The average molecular weight is 321 g/mol. The fourth-order valence-electron chi connectivity index (χ4n) is 1.92. The first-order valence-electron chi connectivity index (χ1n) is 8.34. The Kier molecular flexibility index (Phi) is 9.33. The Bertz CT molecular complexity index is 458. The van der Waals surface area contributed by atoms with E-state index in [1.54, 1.807) is 0 Å². The van der Waals surface area contributed by atoms with Gasteiger partial charge in [-0.25, -0.2) is 4.99 Å².